The molecule has 1 N–H and O–H groups in total. The number of hydrogen-bond donors (Lipinski definition) is 1. The van der Waals surface area contributed by atoms with E-state index in [1.807, 2.05) is 20.8 Å². The van der Waals surface area contributed by atoms with Crippen molar-refractivity contribution in [2.75, 3.05) is 0 Å². The van der Waals surface area contributed by atoms with Gasteiger partial charge in [-0.15, -0.1) is 0 Å². The van der Waals surface area contributed by atoms with Crippen molar-refractivity contribution < 1.29 is 14.6 Å². The lowest BCUT2D eigenvalue weighted by Gasteiger charge is -2.16. The second-order valence-corrected chi connectivity index (χ2v) is 4.87. The van der Waals surface area contributed by atoms with E-state index < -0.39 is 11.7 Å². The van der Waals surface area contributed by atoms with Crippen molar-refractivity contribution in [1.82, 2.24) is 0 Å². The summed E-state index contributed by atoms with van der Waals surface area (Å²) in [6.07, 6.45) is 3.61. The van der Waals surface area contributed by atoms with Crippen LogP contribution in [0.2, 0.25) is 0 Å². The van der Waals surface area contributed by atoms with E-state index in [-0.39, 0.29) is 5.97 Å². The van der Waals surface area contributed by atoms with Gasteiger partial charge in [0.25, 0.3) is 0 Å². The summed E-state index contributed by atoms with van der Waals surface area (Å²) in [5.74, 6) is 5.26. The average Bonchev–Trinajstić information content (AvgIpc) is 2.22. The maximum absolute atomic E-state index is 10.8. The maximum Gasteiger partial charge on any atom is 0.303 e. The predicted molar refractivity (Wildman–Crippen MR) is 72.9 cm³/mol. The van der Waals surface area contributed by atoms with Crippen LogP contribution in [-0.2, 0) is 9.53 Å². The first-order chi connectivity index (χ1) is 8.26. The number of allylic oxidation sites excluding steroid dienone is 2. The quantitative estimate of drug-likeness (QED) is 0.465. The summed E-state index contributed by atoms with van der Waals surface area (Å²) in [6, 6.07) is 0. The Bertz CT molecular complexity index is 352. The Hall–Kier alpha value is -1.27. The molecule has 2 atom stereocenters. The van der Waals surface area contributed by atoms with Crippen LogP contribution in [0.1, 0.15) is 53.9 Å². The summed E-state index contributed by atoms with van der Waals surface area (Å²) < 4.78 is 5.00. The van der Waals surface area contributed by atoms with Crippen LogP contribution >= 0.6 is 0 Å². The molecule has 0 saturated carbocycles. The molecule has 0 aliphatic heterocycles. The van der Waals surface area contributed by atoms with Crippen molar-refractivity contribution in [3.63, 3.8) is 0 Å². The highest BCUT2D eigenvalue weighted by molar-refractivity contribution is 5.66. The molecule has 0 radical (unpaired) electrons. The van der Waals surface area contributed by atoms with Gasteiger partial charge in [-0.3, -0.25) is 4.79 Å². The normalized spacial score (nSPS) is 14.8. The van der Waals surface area contributed by atoms with Gasteiger partial charge in [-0.25, -0.2) is 0 Å². The first kappa shape index (κ1) is 16.7. The molecule has 18 heavy (non-hydrogen) atoms. The molecule has 0 aliphatic rings. The fraction of sp³-hybridized carbons (Fsp3) is 0.667. The molecule has 0 fully saturated rings. The number of hydrogen-bond acceptors (Lipinski definition) is 3. The zero-order valence-electron chi connectivity index (χ0n) is 12.0. The number of esters is 1. The third-order valence-electron chi connectivity index (χ3n) is 2.37. The lowest BCUT2D eigenvalue weighted by atomic mass is 9.99. The van der Waals surface area contributed by atoms with E-state index in [0.717, 1.165) is 6.42 Å². The first-order valence-corrected chi connectivity index (χ1v) is 6.32. The van der Waals surface area contributed by atoms with Gasteiger partial charge in [0.05, 0.1) is 0 Å². The molecule has 0 aliphatic carbocycles. The van der Waals surface area contributed by atoms with Crippen LogP contribution in [0.15, 0.2) is 11.6 Å². The Morgan fingerprint density at radius 1 is 1.44 bits per heavy atom. The van der Waals surface area contributed by atoms with Crippen molar-refractivity contribution in [3.8, 4) is 11.8 Å². The second-order valence-electron chi connectivity index (χ2n) is 4.87. The van der Waals surface area contributed by atoms with Gasteiger partial charge in [0, 0.05) is 6.92 Å². The molecule has 0 spiro atoms. The molecule has 0 aromatic rings. The molecule has 0 aromatic carbocycles. The van der Waals surface area contributed by atoms with Gasteiger partial charge in [-0.1, -0.05) is 30.4 Å². The van der Waals surface area contributed by atoms with E-state index >= 15 is 0 Å². The van der Waals surface area contributed by atoms with Crippen molar-refractivity contribution in [3.05, 3.63) is 11.6 Å². The van der Waals surface area contributed by atoms with E-state index in [1.54, 1.807) is 6.92 Å². The molecule has 0 amide bonds. The van der Waals surface area contributed by atoms with Crippen LogP contribution < -0.4 is 0 Å². The Labute approximate surface area is 110 Å². The van der Waals surface area contributed by atoms with E-state index in [4.69, 9.17) is 4.74 Å². The highest BCUT2D eigenvalue weighted by Crippen LogP contribution is 2.12. The molecule has 0 unspecified atom stereocenters. The zero-order chi connectivity index (χ0) is 14.2. The number of carbonyl (C=O) groups excluding carboxylic acids is 1. The van der Waals surface area contributed by atoms with Gasteiger partial charge in [-0.05, 0) is 40.0 Å². The van der Waals surface area contributed by atoms with Gasteiger partial charge in [0.1, 0.15) is 5.60 Å². The minimum Gasteiger partial charge on any atom is -0.449 e. The molecule has 0 saturated heterocycles. The number of carbonyl (C=O) groups is 1. The van der Waals surface area contributed by atoms with Crippen molar-refractivity contribution in [1.29, 1.82) is 0 Å². The van der Waals surface area contributed by atoms with Crippen LogP contribution in [0, 0.1) is 11.8 Å². The monoisotopic (exact) mass is 252 g/mol. The van der Waals surface area contributed by atoms with Crippen molar-refractivity contribution in [2.24, 2.45) is 0 Å². The Morgan fingerprint density at radius 2 is 2.06 bits per heavy atom. The molecule has 0 bridgehead atoms. The Kier molecular flexibility index (Phi) is 7.38. The van der Waals surface area contributed by atoms with E-state index in [0.29, 0.717) is 12.8 Å². The fourth-order valence-corrected chi connectivity index (χ4v) is 1.36. The summed E-state index contributed by atoms with van der Waals surface area (Å²) in [5, 5.41) is 10.1. The number of rotatable bonds is 5. The third kappa shape index (κ3) is 8.83. The minimum absolute atomic E-state index is 0.347. The van der Waals surface area contributed by atoms with Crippen molar-refractivity contribution >= 4 is 5.97 Å². The van der Waals surface area contributed by atoms with Crippen LogP contribution in [0.4, 0.5) is 0 Å². The standard InChI is InChI=1S/C15H24O3/c1-6-14(18-13(4)16)9-11-15(5,17)10-7-8-12(2)3/h8,14,17H,6-7,10H2,1-5H3/t14-,15+/m0/s1. The fourth-order valence-electron chi connectivity index (χ4n) is 1.36. The van der Waals surface area contributed by atoms with Gasteiger partial charge in [-0.2, -0.15) is 0 Å². The summed E-state index contributed by atoms with van der Waals surface area (Å²) in [7, 11) is 0. The summed E-state index contributed by atoms with van der Waals surface area (Å²) >= 11 is 0. The van der Waals surface area contributed by atoms with Gasteiger partial charge < -0.3 is 9.84 Å². The molecular weight excluding hydrogens is 228 g/mol. The first-order valence-electron chi connectivity index (χ1n) is 6.32. The largest absolute Gasteiger partial charge is 0.449 e. The topological polar surface area (TPSA) is 46.5 Å². The molecule has 0 aromatic heterocycles. The Balaban J connectivity index is 4.45. The summed E-state index contributed by atoms with van der Waals surface area (Å²) in [6.45, 7) is 8.97. The van der Waals surface area contributed by atoms with E-state index in [2.05, 4.69) is 17.9 Å². The highest BCUT2D eigenvalue weighted by Gasteiger charge is 2.16. The smallest absolute Gasteiger partial charge is 0.303 e. The van der Waals surface area contributed by atoms with Gasteiger partial charge in [0.2, 0.25) is 0 Å². The van der Waals surface area contributed by atoms with E-state index in [9.17, 15) is 9.90 Å². The maximum atomic E-state index is 10.8. The molecule has 0 heterocycles. The SMILES string of the molecule is CC[C@@H](C#C[C@](C)(O)CCC=C(C)C)OC(C)=O. The van der Waals surface area contributed by atoms with Crippen LogP contribution in [0.25, 0.3) is 0 Å². The summed E-state index contributed by atoms with van der Waals surface area (Å²) in [5.41, 5.74) is 0.185. The third-order valence-corrected chi connectivity index (χ3v) is 2.37. The predicted octanol–water partition coefficient (Wildman–Crippen LogP) is 2.83. The summed E-state index contributed by atoms with van der Waals surface area (Å²) in [4.78, 5) is 10.8. The van der Waals surface area contributed by atoms with Gasteiger partial charge >= 0.3 is 5.97 Å². The highest BCUT2D eigenvalue weighted by atomic mass is 16.5. The van der Waals surface area contributed by atoms with E-state index in [1.165, 1.54) is 12.5 Å². The number of aliphatic hydroxyl groups is 1. The second kappa shape index (κ2) is 7.94. The Morgan fingerprint density at radius 3 is 2.50 bits per heavy atom. The van der Waals surface area contributed by atoms with Crippen LogP contribution in [0.3, 0.4) is 0 Å². The van der Waals surface area contributed by atoms with Crippen LogP contribution in [0.5, 0.6) is 0 Å². The molecular formula is C15H24O3. The van der Waals surface area contributed by atoms with Crippen molar-refractivity contribution in [2.45, 2.75) is 65.6 Å². The lowest BCUT2D eigenvalue weighted by Crippen LogP contribution is -2.22. The van der Waals surface area contributed by atoms with Gasteiger partial charge in [0.15, 0.2) is 6.10 Å². The minimum atomic E-state index is -1.04. The molecule has 3 nitrogen and oxygen atoms in total. The lowest BCUT2D eigenvalue weighted by molar-refractivity contribution is -0.143. The number of ether oxygens (including phenoxy) is 1. The zero-order valence-corrected chi connectivity index (χ0v) is 12.0. The average molecular weight is 252 g/mol. The molecule has 102 valence electrons. The van der Waals surface area contributed by atoms with Crippen LogP contribution in [-0.4, -0.2) is 22.8 Å². The molecule has 0 rings (SSSR count). The molecule has 3 heteroatoms.